The molecule has 2 aromatic rings. The molecule has 1 saturated heterocycles. The van der Waals surface area contributed by atoms with E-state index >= 15 is 0 Å². The molecule has 1 aliphatic heterocycles. The molecular weight excluding hydrogens is 232 g/mol. The minimum atomic E-state index is 0.354. The summed E-state index contributed by atoms with van der Waals surface area (Å²) in [7, 11) is 0. The molecule has 0 spiro atoms. The molecule has 4 nitrogen and oxygen atoms in total. The van der Waals surface area contributed by atoms with Gasteiger partial charge in [0.05, 0.1) is 23.6 Å². The molecule has 0 saturated carbocycles. The number of pyridine rings is 1. The number of aromatic nitrogens is 2. The monoisotopic (exact) mass is 246 g/mol. The maximum Gasteiger partial charge on any atom is 0.180 e. The van der Waals surface area contributed by atoms with E-state index in [-0.39, 0.29) is 0 Å². The minimum absolute atomic E-state index is 0.354. The van der Waals surface area contributed by atoms with E-state index in [9.17, 15) is 0 Å². The van der Waals surface area contributed by atoms with Crippen molar-refractivity contribution in [3.05, 3.63) is 35.6 Å². The first-order chi connectivity index (χ1) is 8.34. The lowest BCUT2D eigenvalue weighted by Crippen LogP contribution is -2.22. The predicted molar refractivity (Wildman–Crippen MR) is 70.1 cm³/mol. The fraction of sp³-hybridized carbons (Fsp3) is 0.333. The fourth-order valence-electron chi connectivity index (χ4n) is 2.36. The largest absolute Gasteiger partial charge is 0.375 e. The van der Waals surface area contributed by atoms with Gasteiger partial charge < -0.3 is 10.6 Å². The van der Waals surface area contributed by atoms with Gasteiger partial charge in [-0.2, -0.15) is 0 Å². The summed E-state index contributed by atoms with van der Waals surface area (Å²) < 4.78 is 0. The van der Waals surface area contributed by atoms with E-state index in [1.54, 1.807) is 6.20 Å². The van der Waals surface area contributed by atoms with Gasteiger partial charge in [0.25, 0.3) is 0 Å². The van der Waals surface area contributed by atoms with E-state index in [1.165, 1.54) is 23.4 Å². The van der Waals surface area contributed by atoms with Gasteiger partial charge in [0.2, 0.25) is 0 Å². The third-order valence-corrected chi connectivity index (χ3v) is 3.80. The van der Waals surface area contributed by atoms with Gasteiger partial charge >= 0.3 is 0 Å². The molecule has 1 fully saturated rings. The van der Waals surface area contributed by atoms with Crippen LogP contribution >= 0.6 is 11.3 Å². The van der Waals surface area contributed by atoms with E-state index in [1.807, 2.05) is 12.3 Å². The summed E-state index contributed by atoms with van der Waals surface area (Å²) in [5.41, 5.74) is 7.97. The molecular formula is C12H14N4S. The molecule has 5 heteroatoms. The Bertz CT molecular complexity index is 496. The number of anilines is 2. The van der Waals surface area contributed by atoms with Crippen LogP contribution in [0.2, 0.25) is 0 Å². The molecule has 1 aliphatic rings. The highest BCUT2D eigenvalue weighted by atomic mass is 32.1. The maximum atomic E-state index is 5.71. The zero-order chi connectivity index (χ0) is 11.7. The van der Waals surface area contributed by atoms with Crippen LogP contribution in [0, 0.1) is 0 Å². The van der Waals surface area contributed by atoms with Crippen LogP contribution in [-0.2, 0) is 0 Å². The molecule has 2 N–H and O–H groups in total. The van der Waals surface area contributed by atoms with Crippen LogP contribution in [0.4, 0.5) is 10.8 Å². The predicted octanol–water partition coefficient (Wildman–Crippen LogP) is 2.46. The van der Waals surface area contributed by atoms with Crippen LogP contribution in [0.5, 0.6) is 0 Å². The van der Waals surface area contributed by atoms with Crippen molar-refractivity contribution in [3.8, 4) is 0 Å². The van der Waals surface area contributed by atoms with Gasteiger partial charge in [0.1, 0.15) is 0 Å². The summed E-state index contributed by atoms with van der Waals surface area (Å²) in [6, 6.07) is 4.43. The highest BCUT2D eigenvalue weighted by Gasteiger charge is 2.28. The SMILES string of the molecule is Nc1nc(C2CCCN2c2cccnc2)cs1. The average Bonchev–Trinajstić information content (AvgIpc) is 2.98. The van der Waals surface area contributed by atoms with E-state index in [0.29, 0.717) is 11.2 Å². The highest BCUT2D eigenvalue weighted by molar-refractivity contribution is 7.13. The van der Waals surface area contributed by atoms with Gasteiger partial charge in [0.15, 0.2) is 5.13 Å². The number of nitrogens with two attached hydrogens (primary N) is 1. The molecule has 17 heavy (non-hydrogen) atoms. The molecule has 0 amide bonds. The number of nitrogens with zero attached hydrogens (tertiary/aromatic N) is 3. The number of hydrogen-bond acceptors (Lipinski definition) is 5. The zero-order valence-electron chi connectivity index (χ0n) is 9.41. The van der Waals surface area contributed by atoms with Gasteiger partial charge in [-0.3, -0.25) is 4.98 Å². The van der Waals surface area contributed by atoms with Crippen molar-refractivity contribution in [2.75, 3.05) is 17.2 Å². The van der Waals surface area contributed by atoms with E-state index in [2.05, 4.69) is 26.3 Å². The van der Waals surface area contributed by atoms with Crippen LogP contribution in [-0.4, -0.2) is 16.5 Å². The molecule has 3 rings (SSSR count). The average molecular weight is 246 g/mol. The standard InChI is InChI=1S/C12H14N4S/c13-12-15-10(8-17-12)11-4-2-6-16(11)9-3-1-5-14-7-9/h1,3,5,7-8,11H,2,4,6H2,(H2,13,15). The molecule has 88 valence electrons. The summed E-state index contributed by atoms with van der Waals surface area (Å²) in [4.78, 5) is 10.9. The van der Waals surface area contributed by atoms with Gasteiger partial charge in [-0.25, -0.2) is 4.98 Å². The summed E-state index contributed by atoms with van der Waals surface area (Å²) in [5.74, 6) is 0. The Balaban J connectivity index is 1.90. The number of rotatable bonds is 2. The molecule has 3 heterocycles. The van der Waals surface area contributed by atoms with Crippen LogP contribution < -0.4 is 10.6 Å². The normalized spacial score (nSPS) is 19.8. The van der Waals surface area contributed by atoms with Crippen molar-refractivity contribution >= 4 is 22.2 Å². The Hall–Kier alpha value is -1.62. The lowest BCUT2D eigenvalue weighted by molar-refractivity contribution is 0.700. The number of thiazole rings is 1. The van der Waals surface area contributed by atoms with Crippen molar-refractivity contribution in [1.82, 2.24) is 9.97 Å². The number of hydrogen-bond donors (Lipinski definition) is 1. The summed E-state index contributed by atoms with van der Waals surface area (Å²) in [6.45, 7) is 1.06. The first-order valence-corrected chi connectivity index (χ1v) is 6.60. The maximum absolute atomic E-state index is 5.71. The topological polar surface area (TPSA) is 55.0 Å². The van der Waals surface area contributed by atoms with Crippen molar-refractivity contribution in [1.29, 1.82) is 0 Å². The zero-order valence-corrected chi connectivity index (χ0v) is 10.2. The molecule has 0 radical (unpaired) electrons. The van der Waals surface area contributed by atoms with Crippen LogP contribution in [0.25, 0.3) is 0 Å². The van der Waals surface area contributed by atoms with Crippen molar-refractivity contribution in [3.63, 3.8) is 0 Å². The highest BCUT2D eigenvalue weighted by Crippen LogP contribution is 2.36. The van der Waals surface area contributed by atoms with E-state index in [0.717, 1.165) is 18.7 Å². The van der Waals surface area contributed by atoms with E-state index in [4.69, 9.17) is 5.73 Å². The third-order valence-electron chi connectivity index (χ3n) is 3.11. The number of nitrogen functional groups attached to an aromatic ring is 1. The smallest absolute Gasteiger partial charge is 0.180 e. The van der Waals surface area contributed by atoms with Gasteiger partial charge in [0, 0.05) is 18.1 Å². The molecule has 0 aliphatic carbocycles. The lowest BCUT2D eigenvalue weighted by Gasteiger charge is -2.25. The second-order valence-electron chi connectivity index (χ2n) is 4.17. The summed E-state index contributed by atoms with van der Waals surface area (Å²) in [6.07, 6.45) is 6.04. The Morgan fingerprint density at radius 1 is 1.47 bits per heavy atom. The Kier molecular flexibility index (Phi) is 2.68. The second-order valence-corrected chi connectivity index (χ2v) is 5.06. The van der Waals surface area contributed by atoms with Crippen molar-refractivity contribution in [2.45, 2.75) is 18.9 Å². The summed E-state index contributed by atoms with van der Waals surface area (Å²) in [5, 5.41) is 2.72. The fourth-order valence-corrected chi connectivity index (χ4v) is 2.97. The van der Waals surface area contributed by atoms with E-state index < -0.39 is 0 Å². The van der Waals surface area contributed by atoms with Crippen molar-refractivity contribution in [2.24, 2.45) is 0 Å². The molecule has 0 aromatic carbocycles. The van der Waals surface area contributed by atoms with Gasteiger partial charge in [-0.1, -0.05) is 0 Å². The van der Waals surface area contributed by atoms with Crippen molar-refractivity contribution < 1.29 is 0 Å². The summed E-state index contributed by atoms with van der Waals surface area (Å²) >= 11 is 1.51. The van der Waals surface area contributed by atoms with Gasteiger partial charge in [-0.15, -0.1) is 11.3 Å². The quantitative estimate of drug-likeness (QED) is 0.884. The first-order valence-electron chi connectivity index (χ1n) is 5.72. The van der Waals surface area contributed by atoms with Gasteiger partial charge in [-0.05, 0) is 25.0 Å². The minimum Gasteiger partial charge on any atom is -0.375 e. The Morgan fingerprint density at radius 2 is 2.41 bits per heavy atom. The van der Waals surface area contributed by atoms with Crippen LogP contribution in [0.15, 0.2) is 29.9 Å². The molecule has 1 atom stereocenters. The van der Waals surface area contributed by atoms with Crippen LogP contribution in [0.1, 0.15) is 24.6 Å². The Morgan fingerprint density at radius 3 is 3.12 bits per heavy atom. The molecule has 0 bridgehead atoms. The Labute approximate surface area is 104 Å². The molecule has 2 aromatic heterocycles. The first kappa shape index (κ1) is 10.5. The van der Waals surface area contributed by atoms with Crippen LogP contribution in [0.3, 0.4) is 0 Å². The second kappa shape index (κ2) is 4.33. The third kappa shape index (κ3) is 1.98. The molecule has 1 unspecified atom stereocenters. The lowest BCUT2D eigenvalue weighted by atomic mass is 10.1.